The summed E-state index contributed by atoms with van der Waals surface area (Å²) < 4.78 is 0. The molecule has 104 valence electrons. The number of rotatable bonds is 6. The van der Waals surface area contributed by atoms with E-state index < -0.39 is 0 Å². The standard InChI is InChI=1S/C15H22N2O2/c1-3-4-5-6-9-16-12(2)10-13-11-14(17(18)19)7-8-15(13)16/h7-8,11-12H,3-6,9-10H2,1-2H3/t12-/m1/s1. The first-order valence-electron chi connectivity index (χ1n) is 7.17. The fourth-order valence-electron chi connectivity index (χ4n) is 2.84. The Hall–Kier alpha value is -1.58. The number of hydrogen-bond donors (Lipinski definition) is 0. The topological polar surface area (TPSA) is 46.4 Å². The fraction of sp³-hybridized carbons (Fsp3) is 0.600. The van der Waals surface area contributed by atoms with Crippen LogP contribution in [0.1, 0.15) is 45.1 Å². The van der Waals surface area contributed by atoms with Crippen LogP contribution in [-0.2, 0) is 6.42 Å². The molecule has 0 N–H and O–H groups in total. The molecule has 0 fully saturated rings. The maximum atomic E-state index is 10.8. The van der Waals surface area contributed by atoms with Crippen molar-refractivity contribution in [2.75, 3.05) is 11.4 Å². The predicted octanol–water partition coefficient (Wildman–Crippen LogP) is 3.93. The van der Waals surface area contributed by atoms with Gasteiger partial charge >= 0.3 is 0 Å². The van der Waals surface area contributed by atoms with E-state index in [1.165, 1.54) is 31.4 Å². The molecule has 0 aromatic heterocycles. The third-order valence-corrected chi connectivity index (χ3v) is 3.88. The first-order valence-corrected chi connectivity index (χ1v) is 7.17. The second kappa shape index (κ2) is 6.04. The lowest BCUT2D eigenvalue weighted by atomic mass is 10.1. The Morgan fingerprint density at radius 3 is 2.84 bits per heavy atom. The maximum Gasteiger partial charge on any atom is 0.269 e. The summed E-state index contributed by atoms with van der Waals surface area (Å²) in [6.07, 6.45) is 5.93. The van der Waals surface area contributed by atoms with E-state index in [0.29, 0.717) is 6.04 Å². The molecule has 0 radical (unpaired) electrons. The minimum atomic E-state index is -0.311. The van der Waals surface area contributed by atoms with Crippen molar-refractivity contribution in [2.45, 2.75) is 52.0 Å². The van der Waals surface area contributed by atoms with E-state index in [1.54, 1.807) is 12.1 Å². The van der Waals surface area contributed by atoms with Crippen LogP contribution in [-0.4, -0.2) is 17.5 Å². The Labute approximate surface area is 114 Å². The largest absolute Gasteiger partial charge is 0.368 e. The molecule has 0 spiro atoms. The number of unbranched alkanes of at least 4 members (excludes halogenated alkanes) is 3. The molecule has 1 heterocycles. The van der Waals surface area contributed by atoms with Crippen LogP contribution < -0.4 is 4.90 Å². The third kappa shape index (κ3) is 3.06. The van der Waals surface area contributed by atoms with Crippen molar-refractivity contribution in [3.8, 4) is 0 Å². The zero-order chi connectivity index (χ0) is 13.8. The van der Waals surface area contributed by atoms with Crippen LogP contribution in [0.25, 0.3) is 0 Å². The highest BCUT2D eigenvalue weighted by Crippen LogP contribution is 2.34. The second-order valence-electron chi connectivity index (χ2n) is 5.38. The predicted molar refractivity (Wildman–Crippen MR) is 77.8 cm³/mol. The molecular formula is C15H22N2O2. The normalized spacial score (nSPS) is 17.6. The van der Waals surface area contributed by atoms with Crippen molar-refractivity contribution in [1.29, 1.82) is 0 Å². The van der Waals surface area contributed by atoms with Crippen LogP contribution in [0.5, 0.6) is 0 Å². The van der Waals surface area contributed by atoms with Crippen LogP contribution in [0.2, 0.25) is 0 Å². The van der Waals surface area contributed by atoms with Gasteiger partial charge in [-0.05, 0) is 31.4 Å². The number of non-ortho nitro benzene ring substituents is 1. The number of nitro groups is 1. The molecule has 0 saturated carbocycles. The number of benzene rings is 1. The summed E-state index contributed by atoms with van der Waals surface area (Å²) in [7, 11) is 0. The van der Waals surface area contributed by atoms with Gasteiger partial charge in [-0.1, -0.05) is 26.2 Å². The lowest BCUT2D eigenvalue weighted by Crippen LogP contribution is -2.30. The van der Waals surface area contributed by atoms with Crippen LogP contribution in [0.4, 0.5) is 11.4 Å². The molecule has 0 saturated heterocycles. The van der Waals surface area contributed by atoms with Crippen LogP contribution in [0.15, 0.2) is 18.2 Å². The van der Waals surface area contributed by atoms with Gasteiger partial charge in [-0.15, -0.1) is 0 Å². The van der Waals surface area contributed by atoms with Gasteiger partial charge in [0.1, 0.15) is 0 Å². The summed E-state index contributed by atoms with van der Waals surface area (Å²) in [5.41, 5.74) is 2.52. The fourth-order valence-corrected chi connectivity index (χ4v) is 2.84. The third-order valence-electron chi connectivity index (χ3n) is 3.88. The average Bonchev–Trinajstić information content (AvgIpc) is 2.69. The van der Waals surface area contributed by atoms with Gasteiger partial charge in [-0.25, -0.2) is 0 Å². The molecule has 4 nitrogen and oxygen atoms in total. The van der Waals surface area contributed by atoms with Gasteiger partial charge in [0.25, 0.3) is 5.69 Å². The molecule has 1 aromatic rings. The molecule has 0 amide bonds. The summed E-state index contributed by atoms with van der Waals surface area (Å²) in [6.45, 7) is 5.48. The smallest absolute Gasteiger partial charge is 0.269 e. The van der Waals surface area contributed by atoms with Gasteiger partial charge in [0, 0.05) is 30.4 Å². The van der Waals surface area contributed by atoms with Gasteiger partial charge in [0.05, 0.1) is 4.92 Å². The Morgan fingerprint density at radius 2 is 2.16 bits per heavy atom. The Balaban J connectivity index is 2.06. The van der Waals surface area contributed by atoms with Crippen LogP contribution in [0.3, 0.4) is 0 Å². The van der Waals surface area contributed by atoms with Gasteiger partial charge in [0.2, 0.25) is 0 Å². The minimum absolute atomic E-state index is 0.207. The second-order valence-corrected chi connectivity index (χ2v) is 5.38. The van der Waals surface area contributed by atoms with Crippen molar-refractivity contribution in [3.05, 3.63) is 33.9 Å². The lowest BCUT2D eigenvalue weighted by Gasteiger charge is -2.24. The van der Waals surface area contributed by atoms with Gasteiger partial charge in [-0.3, -0.25) is 10.1 Å². The zero-order valence-electron chi connectivity index (χ0n) is 11.8. The van der Waals surface area contributed by atoms with Crippen molar-refractivity contribution >= 4 is 11.4 Å². The summed E-state index contributed by atoms with van der Waals surface area (Å²) in [6, 6.07) is 5.73. The maximum absolute atomic E-state index is 10.8. The molecule has 1 aromatic carbocycles. The SMILES string of the molecule is CCCCCCN1c2ccc([N+](=O)[O-])cc2C[C@H]1C. The zero-order valence-corrected chi connectivity index (χ0v) is 11.8. The molecule has 0 unspecified atom stereocenters. The van der Waals surface area contributed by atoms with Crippen molar-refractivity contribution in [3.63, 3.8) is 0 Å². The molecule has 0 aliphatic carbocycles. The molecule has 1 aliphatic heterocycles. The number of nitrogens with zero attached hydrogens (tertiary/aromatic N) is 2. The first-order chi connectivity index (χ1) is 9.13. The van der Waals surface area contributed by atoms with Crippen molar-refractivity contribution in [1.82, 2.24) is 0 Å². The highest BCUT2D eigenvalue weighted by atomic mass is 16.6. The van der Waals surface area contributed by atoms with E-state index >= 15 is 0 Å². The highest BCUT2D eigenvalue weighted by molar-refractivity contribution is 5.62. The highest BCUT2D eigenvalue weighted by Gasteiger charge is 2.26. The van der Waals surface area contributed by atoms with E-state index in [9.17, 15) is 10.1 Å². The summed E-state index contributed by atoms with van der Waals surface area (Å²) in [4.78, 5) is 12.9. The van der Waals surface area contributed by atoms with E-state index in [-0.39, 0.29) is 10.6 Å². The molecule has 2 rings (SSSR count). The molecule has 4 heteroatoms. The monoisotopic (exact) mass is 262 g/mol. The van der Waals surface area contributed by atoms with E-state index in [1.807, 2.05) is 6.07 Å². The number of hydrogen-bond acceptors (Lipinski definition) is 3. The van der Waals surface area contributed by atoms with Crippen LogP contribution >= 0.6 is 0 Å². The lowest BCUT2D eigenvalue weighted by molar-refractivity contribution is -0.384. The van der Waals surface area contributed by atoms with Crippen LogP contribution in [0, 0.1) is 10.1 Å². The molecule has 19 heavy (non-hydrogen) atoms. The van der Waals surface area contributed by atoms with E-state index in [4.69, 9.17) is 0 Å². The van der Waals surface area contributed by atoms with Crippen molar-refractivity contribution in [2.24, 2.45) is 0 Å². The average molecular weight is 262 g/mol. The van der Waals surface area contributed by atoms with E-state index in [0.717, 1.165) is 18.5 Å². The number of nitro benzene ring substituents is 1. The number of fused-ring (bicyclic) bond motifs is 1. The summed E-state index contributed by atoms with van der Waals surface area (Å²) in [5, 5.41) is 10.8. The summed E-state index contributed by atoms with van der Waals surface area (Å²) in [5.74, 6) is 0. The van der Waals surface area contributed by atoms with Gasteiger partial charge in [-0.2, -0.15) is 0 Å². The van der Waals surface area contributed by atoms with E-state index in [2.05, 4.69) is 18.7 Å². The summed E-state index contributed by atoms with van der Waals surface area (Å²) >= 11 is 0. The quantitative estimate of drug-likeness (QED) is 0.443. The number of anilines is 1. The molecular weight excluding hydrogens is 240 g/mol. The van der Waals surface area contributed by atoms with Gasteiger partial charge in [0.15, 0.2) is 0 Å². The van der Waals surface area contributed by atoms with Crippen molar-refractivity contribution < 1.29 is 4.92 Å². The Morgan fingerprint density at radius 1 is 1.37 bits per heavy atom. The molecule has 1 aliphatic rings. The molecule has 0 bridgehead atoms. The van der Waals surface area contributed by atoms with Gasteiger partial charge < -0.3 is 4.90 Å². The Kier molecular flexibility index (Phi) is 4.40. The molecule has 1 atom stereocenters. The minimum Gasteiger partial charge on any atom is -0.368 e. The first kappa shape index (κ1) is 13.8. The Bertz CT molecular complexity index is 459.